The molecule has 1 aromatic heterocycles. The fourth-order valence-corrected chi connectivity index (χ4v) is 7.90. The van der Waals surface area contributed by atoms with Crippen molar-refractivity contribution >= 4 is 40.7 Å². The van der Waals surface area contributed by atoms with E-state index in [9.17, 15) is 28.7 Å². The number of imide groups is 1. The third kappa shape index (κ3) is 3.58. The van der Waals surface area contributed by atoms with Crippen LogP contribution in [0.4, 0.5) is 10.1 Å². The summed E-state index contributed by atoms with van der Waals surface area (Å²) in [6.07, 6.45) is 1.47. The van der Waals surface area contributed by atoms with E-state index in [1.54, 1.807) is 62.4 Å². The standard InChI is InChI=1S/C32H25Cl2FN4O5/c1-17-14-19(15-18(2)26(17)40)25-23-12-13-36-29(43)38(21-6-4-3-5-7-21)30(44)39(36)24(23)16-31(33)27(41)37(28(42)32(25,31)34)22-10-8-20(35)9-11-22/h3-12,14-15,24-25,40H,13,16H2,1-2H3. The van der Waals surface area contributed by atoms with Crippen LogP contribution < -0.4 is 16.3 Å². The summed E-state index contributed by atoms with van der Waals surface area (Å²) in [6, 6.07) is 15.7. The molecule has 9 nitrogen and oxygen atoms in total. The normalized spacial score (nSPS) is 25.8. The van der Waals surface area contributed by atoms with Crippen molar-refractivity contribution in [2.24, 2.45) is 0 Å². The Bertz CT molecular complexity index is 2030. The monoisotopic (exact) mass is 634 g/mol. The van der Waals surface area contributed by atoms with Gasteiger partial charge in [-0.05, 0) is 72.5 Å². The Labute approximate surface area is 259 Å². The average molecular weight is 635 g/mol. The Morgan fingerprint density at radius 1 is 0.864 bits per heavy atom. The summed E-state index contributed by atoms with van der Waals surface area (Å²) in [6.45, 7) is 3.40. The maximum atomic E-state index is 14.4. The lowest BCUT2D eigenvalue weighted by Gasteiger charge is -2.49. The highest BCUT2D eigenvalue weighted by molar-refractivity contribution is 6.58. The molecule has 1 saturated heterocycles. The van der Waals surface area contributed by atoms with E-state index >= 15 is 0 Å². The largest absolute Gasteiger partial charge is 0.507 e. The Hall–Kier alpha value is -4.41. The molecule has 3 heterocycles. The molecule has 1 aliphatic carbocycles. The fraction of sp³-hybridized carbons (Fsp3) is 0.250. The maximum Gasteiger partial charge on any atom is 0.352 e. The fourth-order valence-electron chi connectivity index (χ4n) is 6.99. The van der Waals surface area contributed by atoms with Gasteiger partial charge in [0.25, 0.3) is 11.8 Å². The number of para-hydroxylation sites is 1. The molecule has 1 N–H and O–H groups in total. The van der Waals surface area contributed by atoms with Gasteiger partial charge >= 0.3 is 11.4 Å². The number of allylic oxidation sites excluding steroid dienone is 2. The summed E-state index contributed by atoms with van der Waals surface area (Å²) < 4.78 is 17.4. The highest BCUT2D eigenvalue weighted by atomic mass is 35.5. The summed E-state index contributed by atoms with van der Waals surface area (Å²) in [5.74, 6) is -3.16. The van der Waals surface area contributed by atoms with E-state index in [1.807, 2.05) is 0 Å². The zero-order valence-electron chi connectivity index (χ0n) is 23.5. The number of anilines is 1. The molecule has 3 aromatic carbocycles. The molecule has 224 valence electrons. The predicted molar refractivity (Wildman–Crippen MR) is 162 cm³/mol. The molecule has 2 aliphatic heterocycles. The third-order valence-electron chi connectivity index (χ3n) is 9.02. The van der Waals surface area contributed by atoms with Crippen LogP contribution in [0.3, 0.4) is 0 Å². The first-order valence-electron chi connectivity index (χ1n) is 13.9. The van der Waals surface area contributed by atoms with Crippen molar-refractivity contribution in [3.05, 3.63) is 122 Å². The van der Waals surface area contributed by atoms with E-state index in [0.29, 0.717) is 28.0 Å². The first-order valence-corrected chi connectivity index (χ1v) is 14.7. The van der Waals surface area contributed by atoms with Crippen molar-refractivity contribution in [3.8, 4) is 11.4 Å². The van der Waals surface area contributed by atoms with Gasteiger partial charge in [-0.3, -0.25) is 9.59 Å². The number of aromatic nitrogens is 3. The van der Waals surface area contributed by atoms with Gasteiger partial charge in [-0.2, -0.15) is 0 Å². The van der Waals surface area contributed by atoms with Gasteiger partial charge in [0, 0.05) is 12.3 Å². The van der Waals surface area contributed by atoms with Gasteiger partial charge in [0.05, 0.1) is 24.0 Å². The molecule has 4 unspecified atom stereocenters. The molecule has 0 spiro atoms. The lowest BCUT2D eigenvalue weighted by Crippen LogP contribution is -2.59. The molecule has 2 fully saturated rings. The van der Waals surface area contributed by atoms with Gasteiger partial charge in [0.1, 0.15) is 11.6 Å². The number of hydrogen-bond acceptors (Lipinski definition) is 5. The van der Waals surface area contributed by atoms with Gasteiger partial charge in [0.2, 0.25) is 0 Å². The van der Waals surface area contributed by atoms with Gasteiger partial charge < -0.3 is 5.11 Å². The first-order chi connectivity index (χ1) is 20.9. The Morgan fingerprint density at radius 2 is 1.50 bits per heavy atom. The number of phenolic OH excluding ortho intramolecular Hbond substituents is 1. The van der Waals surface area contributed by atoms with E-state index in [1.165, 1.54) is 21.5 Å². The van der Waals surface area contributed by atoms with Crippen LogP contribution in [-0.4, -0.2) is 40.6 Å². The molecule has 4 atom stereocenters. The van der Waals surface area contributed by atoms with E-state index in [0.717, 1.165) is 21.6 Å². The van der Waals surface area contributed by atoms with Crippen LogP contribution in [0.15, 0.2) is 88.0 Å². The number of nitrogens with zero attached hydrogens (tertiary/aromatic N) is 4. The zero-order valence-corrected chi connectivity index (χ0v) is 25.0. The zero-order chi connectivity index (χ0) is 31.3. The van der Waals surface area contributed by atoms with Gasteiger partial charge in [0.15, 0.2) is 9.75 Å². The number of carbonyl (C=O) groups is 2. The minimum Gasteiger partial charge on any atom is -0.507 e. The number of amides is 2. The van der Waals surface area contributed by atoms with Crippen molar-refractivity contribution in [1.29, 1.82) is 0 Å². The van der Waals surface area contributed by atoms with Crippen molar-refractivity contribution in [3.63, 3.8) is 0 Å². The second kappa shape index (κ2) is 9.54. The van der Waals surface area contributed by atoms with Crippen molar-refractivity contribution in [2.45, 2.75) is 48.5 Å². The number of alkyl halides is 2. The average Bonchev–Trinajstić information content (AvgIpc) is 3.34. The molecular formula is C32H25Cl2FN4O5. The minimum absolute atomic E-state index is 0.00163. The molecule has 0 bridgehead atoms. The topological polar surface area (TPSA) is 107 Å². The summed E-state index contributed by atoms with van der Waals surface area (Å²) >= 11 is 14.7. The number of phenols is 1. The van der Waals surface area contributed by atoms with Gasteiger partial charge in [-0.1, -0.05) is 36.4 Å². The molecule has 1 saturated carbocycles. The quantitative estimate of drug-likeness (QED) is 0.203. The van der Waals surface area contributed by atoms with Gasteiger partial charge in [-0.15, -0.1) is 23.2 Å². The summed E-state index contributed by atoms with van der Waals surface area (Å²) in [5, 5.41) is 10.6. The number of benzene rings is 3. The molecule has 4 aromatic rings. The Balaban J connectivity index is 1.49. The van der Waals surface area contributed by atoms with Crippen LogP contribution in [0, 0.1) is 19.7 Å². The summed E-state index contributed by atoms with van der Waals surface area (Å²) in [4.78, 5) is 52.9. The van der Waals surface area contributed by atoms with Crippen LogP contribution in [-0.2, 0) is 16.1 Å². The maximum absolute atomic E-state index is 14.4. The number of hydrogen-bond donors (Lipinski definition) is 1. The number of halogens is 3. The highest BCUT2D eigenvalue weighted by Gasteiger charge is 2.75. The lowest BCUT2D eigenvalue weighted by atomic mass is 9.64. The molecule has 2 amide bonds. The highest BCUT2D eigenvalue weighted by Crippen LogP contribution is 2.64. The summed E-state index contributed by atoms with van der Waals surface area (Å²) in [7, 11) is 0. The second-order valence-corrected chi connectivity index (χ2v) is 12.7. The molecule has 0 radical (unpaired) electrons. The predicted octanol–water partition coefficient (Wildman–Crippen LogP) is 4.46. The Morgan fingerprint density at radius 3 is 2.14 bits per heavy atom. The van der Waals surface area contributed by atoms with Crippen molar-refractivity contribution in [1.82, 2.24) is 13.9 Å². The lowest BCUT2D eigenvalue weighted by molar-refractivity contribution is -0.122. The van der Waals surface area contributed by atoms with Crippen molar-refractivity contribution in [2.75, 3.05) is 4.90 Å². The molecule has 3 aliphatic rings. The smallest absolute Gasteiger partial charge is 0.352 e. The number of aryl methyl sites for hydroxylation is 2. The van der Waals surface area contributed by atoms with E-state index in [2.05, 4.69) is 0 Å². The number of carbonyl (C=O) groups excluding carboxylic acids is 2. The van der Waals surface area contributed by atoms with Crippen LogP contribution in [0.5, 0.6) is 5.75 Å². The number of rotatable bonds is 3. The van der Waals surface area contributed by atoms with Crippen LogP contribution in [0.25, 0.3) is 5.69 Å². The second-order valence-electron chi connectivity index (χ2n) is 11.5. The van der Waals surface area contributed by atoms with Gasteiger partial charge in [-0.25, -0.2) is 32.8 Å². The van der Waals surface area contributed by atoms with Crippen LogP contribution in [0.1, 0.15) is 35.1 Å². The summed E-state index contributed by atoms with van der Waals surface area (Å²) in [5.41, 5.74) is 1.32. The molecule has 44 heavy (non-hydrogen) atoms. The van der Waals surface area contributed by atoms with Crippen LogP contribution in [0.2, 0.25) is 0 Å². The molecule has 12 heteroatoms. The van der Waals surface area contributed by atoms with E-state index < -0.39 is 50.7 Å². The van der Waals surface area contributed by atoms with E-state index in [-0.39, 0.29) is 24.4 Å². The Kier molecular flexibility index (Phi) is 6.15. The SMILES string of the molecule is Cc1cc(C2C3=CCn4c(=O)n(-c5ccccc5)c(=O)n4C3CC3(Cl)C(=O)N(c4ccc(F)cc4)C(=O)C23Cl)cc(C)c1O. The van der Waals surface area contributed by atoms with Crippen LogP contribution >= 0.6 is 23.2 Å². The third-order valence-corrected chi connectivity index (χ3v) is 10.4. The first kappa shape index (κ1) is 28.4. The molecular weight excluding hydrogens is 610 g/mol. The minimum atomic E-state index is -2.08. The molecule has 7 rings (SSSR count). The van der Waals surface area contributed by atoms with E-state index in [4.69, 9.17) is 23.2 Å². The number of aromatic hydroxyl groups is 1. The number of fused-ring (bicyclic) bond motifs is 4. The van der Waals surface area contributed by atoms with Crippen molar-refractivity contribution < 1.29 is 19.1 Å².